The quantitative estimate of drug-likeness (QED) is 0.789. The van der Waals surface area contributed by atoms with Gasteiger partial charge in [0.1, 0.15) is 0 Å². The van der Waals surface area contributed by atoms with Gasteiger partial charge in [-0.15, -0.1) is 11.8 Å². The third kappa shape index (κ3) is 4.82. The summed E-state index contributed by atoms with van der Waals surface area (Å²) in [6.45, 7) is 0. The Hall–Kier alpha value is -1.85. The molecule has 0 spiro atoms. The summed E-state index contributed by atoms with van der Waals surface area (Å²) in [5.74, 6) is 1.15. The zero-order chi connectivity index (χ0) is 16.8. The Bertz CT molecular complexity index is 660. The van der Waals surface area contributed by atoms with Gasteiger partial charge >= 0.3 is 0 Å². The lowest BCUT2D eigenvalue weighted by Gasteiger charge is -2.11. The van der Waals surface area contributed by atoms with E-state index in [2.05, 4.69) is 22.4 Å². The molecule has 1 saturated carbocycles. The molecule has 3 rings (SSSR count). The number of benzene rings is 1. The van der Waals surface area contributed by atoms with Crippen LogP contribution in [0, 0.1) is 5.92 Å². The Morgan fingerprint density at radius 3 is 2.71 bits per heavy atom. The Labute approximate surface area is 147 Å². The first kappa shape index (κ1) is 17.0. The van der Waals surface area contributed by atoms with Gasteiger partial charge in [-0.3, -0.25) is 9.78 Å². The van der Waals surface area contributed by atoms with Gasteiger partial charge in [0.2, 0.25) is 5.91 Å². The van der Waals surface area contributed by atoms with Gasteiger partial charge in [0.05, 0.1) is 0 Å². The van der Waals surface area contributed by atoms with Gasteiger partial charge in [0, 0.05) is 40.2 Å². The summed E-state index contributed by atoms with van der Waals surface area (Å²) in [6.07, 6.45) is 5.42. The molecule has 1 amide bonds. The predicted octanol–water partition coefficient (Wildman–Crippen LogP) is 3.48. The number of nitrogens with two attached hydrogens (primary N) is 1. The number of anilines is 1. The van der Waals surface area contributed by atoms with Gasteiger partial charge < -0.3 is 11.1 Å². The molecular formula is C19H23N3OS. The molecule has 1 aromatic heterocycles. The fourth-order valence-corrected chi connectivity index (χ4v) is 3.83. The number of carbonyl (C=O) groups is 1. The highest BCUT2D eigenvalue weighted by atomic mass is 32.2. The van der Waals surface area contributed by atoms with Crippen molar-refractivity contribution in [3.63, 3.8) is 0 Å². The van der Waals surface area contributed by atoms with E-state index in [0.717, 1.165) is 42.8 Å². The van der Waals surface area contributed by atoms with Crippen LogP contribution in [0.1, 0.15) is 25.0 Å². The fourth-order valence-electron chi connectivity index (χ4n) is 2.95. The third-order valence-corrected chi connectivity index (χ3v) is 5.33. The lowest BCUT2D eigenvalue weighted by atomic mass is 10.1. The maximum atomic E-state index is 12.2. The minimum atomic E-state index is 0.0624. The van der Waals surface area contributed by atoms with Crippen LogP contribution in [0.5, 0.6) is 0 Å². The number of nitrogens with one attached hydrogen (secondary N) is 1. The number of hydrogen-bond acceptors (Lipinski definition) is 4. The van der Waals surface area contributed by atoms with Crippen molar-refractivity contribution in [2.24, 2.45) is 11.7 Å². The molecule has 2 atom stereocenters. The summed E-state index contributed by atoms with van der Waals surface area (Å²) in [6, 6.07) is 14.2. The number of thioether (sulfide) groups is 1. The van der Waals surface area contributed by atoms with Crippen LogP contribution in [0.4, 0.5) is 5.69 Å². The highest BCUT2D eigenvalue weighted by Gasteiger charge is 2.27. The second-order valence-electron chi connectivity index (χ2n) is 6.20. The molecule has 0 radical (unpaired) electrons. The van der Waals surface area contributed by atoms with Crippen molar-refractivity contribution >= 4 is 23.4 Å². The summed E-state index contributed by atoms with van der Waals surface area (Å²) in [5.41, 5.74) is 7.85. The van der Waals surface area contributed by atoms with E-state index in [-0.39, 0.29) is 17.9 Å². The van der Waals surface area contributed by atoms with Crippen LogP contribution in [0.25, 0.3) is 0 Å². The van der Waals surface area contributed by atoms with Crippen molar-refractivity contribution in [1.82, 2.24) is 4.98 Å². The van der Waals surface area contributed by atoms with Crippen molar-refractivity contribution in [2.75, 3.05) is 11.1 Å². The first-order chi connectivity index (χ1) is 11.7. The average Bonchev–Trinajstić information content (AvgIpc) is 3.04. The van der Waals surface area contributed by atoms with Crippen LogP contribution in [-0.2, 0) is 11.2 Å². The fraction of sp³-hybridized carbons (Fsp3) is 0.368. The molecule has 0 saturated heterocycles. The monoisotopic (exact) mass is 341 g/mol. The lowest BCUT2D eigenvalue weighted by molar-refractivity contribution is -0.119. The Kier molecular flexibility index (Phi) is 5.88. The van der Waals surface area contributed by atoms with Gasteiger partial charge in [-0.1, -0.05) is 6.07 Å². The van der Waals surface area contributed by atoms with Crippen molar-refractivity contribution in [2.45, 2.75) is 36.6 Å². The average molecular weight is 341 g/mol. The molecule has 0 bridgehead atoms. The smallest absolute Gasteiger partial charge is 0.227 e. The second kappa shape index (κ2) is 8.31. The maximum absolute atomic E-state index is 12.2. The second-order valence-corrected chi connectivity index (χ2v) is 7.37. The summed E-state index contributed by atoms with van der Waals surface area (Å²) in [7, 11) is 0. The van der Waals surface area contributed by atoms with Crippen LogP contribution >= 0.6 is 11.8 Å². The third-order valence-electron chi connectivity index (χ3n) is 4.32. The molecule has 2 aromatic rings. The molecule has 1 aliphatic carbocycles. The molecular weight excluding hydrogens is 318 g/mol. The molecule has 1 fully saturated rings. The maximum Gasteiger partial charge on any atom is 0.227 e. The molecule has 0 unspecified atom stereocenters. The van der Waals surface area contributed by atoms with Crippen molar-refractivity contribution in [3.8, 4) is 0 Å². The van der Waals surface area contributed by atoms with E-state index < -0.39 is 0 Å². The van der Waals surface area contributed by atoms with Gasteiger partial charge in [-0.2, -0.15) is 0 Å². The van der Waals surface area contributed by atoms with Crippen LogP contribution in [0.2, 0.25) is 0 Å². The largest absolute Gasteiger partial charge is 0.328 e. The van der Waals surface area contributed by atoms with Crippen LogP contribution in [-0.4, -0.2) is 22.7 Å². The summed E-state index contributed by atoms with van der Waals surface area (Å²) >= 11 is 1.80. The molecule has 126 valence electrons. The summed E-state index contributed by atoms with van der Waals surface area (Å²) in [5, 5.41) is 3.00. The number of carbonyl (C=O) groups excluding carboxylic acids is 1. The molecule has 1 aromatic carbocycles. The topological polar surface area (TPSA) is 68.0 Å². The Morgan fingerprint density at radius 2 is 2.04 bits per heavy atom. The van der Waals surface area contributed by atoms with E-state index in [0.29, 0.717) is 0 Å². The minimum absolute atomic E-state index is 0.0624. The van der Waals surface area contributed by atoms with Crippen LogP contribution in [0.15, 0.2) is 53.6 Å². The predicted molar refractivity (Wildman–Crippen MR) is 99.1 cm³/mol. The summed E-state index contributed by atoms with van der Waals surface area (Å²) in [4.78, 5) is 17.7. The van der Waals surface area contributed by atoms with Gasteiger partial charge in [0.25, 0.3) is 0 Å². The zero-order valence-corrected chi connectivity index (χ0v) is 14.5. The molecule has 1 aliphatic rings. The van der Waals surface area contributed by atoms with Gasteiger partial charge in [-0.25, -0.2) is 0 Å². The SMILES string of the molecule is N[C@H]1CC[C@@H](C(=O)Nc2ccc(SCCc3ccccn3)cc2)C1. The highest BCUT2D eigenvalue weighted by Crippen LogP contribution is 2.26. The van der Waals surface area contributed by atoms with Crippen molar-refractivity contribution in [3.05, 3.63) is 54.4 Å². The zero-order valence-electron chi connectivity index (χ0n) is 13.7. The molecule has 1 heterocycles. The molecule has 24 heavy (non-hydrogen) atoms. The molecule has 3 N–H and O–H groups in total. The van der Waals surface area contributed by atoms with E-state index in [4.69, 9.17) is 5.73 Å². The van der Waals surface area contributed by atoms with Gasteiger partial charge in [0.15, 0.2) is 0 Å². The number of rotatable bonds is 6. The number of amides is 1. The number of hydrogen-bond donors (Lipinski definition) is 2. The van der Waals surface area contributed by atoms with E-state index in [1.807, 2.05) is 36.5 Å². The molecule has 5 heteroatoms. The minimum Gasteiger partial charge on any atom is -0.328 e. The van der Waals surface area contributed by atoms with Gasteiger partial charge in [-0.05, 0) is 62.1 Å². The molecule has 4 nitrogen and oxygen atoms in total. The normalized spacial score (nSPS) is 20.0. The number of aryl methyl sites for hydroxylation is 1. The Balaban J connectivity index is 1.45. The number of pyridine rings is 1. The van der Waals surface area contributed by atoms with Crippen LogP contribution in [0.3, 0.4) is 0 Å². The standard InChI is InChI=1S/C19H23N3OS/c20-15-5-4-14(13-15)19(23)22-17-6-8-18(9-7-17)24-12-10-16-3-1-2-11-21-16/h1-3,6-9,11,14-15H,4-5,10,12-13,20H2,(H,22,23)/t14-,15+/m1/s1. The number of nitrogens with zero attached hydrogens (tertiary/aromatic N) is 1. The first-order valence-electron chi connectivity index (χ1n) is 8.40. The van der Waals surface area contributed by atoms with E-state index in [1.54, 1.807) is 11.8 Å². The highest BCUT2D eigenvalue weighted by molar-refractivity contribution is 7.99. The van der Waals surface area contributed by atoms with Crippen molar-refractivity contribution in [1.29, 1.82) is 0 Å². The lowest BCUT2D eigenvalue weighted by Crippen LogP contribution is -2.23. The number of aromatic nitrogens is 1. The van der Waals surface area contributed by atoms with Crippen molar-refractivity contribution < 1.29 is 4.79 Å². The van der Waals surface area contributed by atoms with E-state index in [1.165, 1.54) is 4.90 Å². The van der Waals surface area contributed by atoms with E-state index in [9.17, 15) is 4.79 Å². The Morgan fingerprint density at radius 1 is 1.21 bits per heavy atom. The van der Waals surface area contributed by atoms with E-state index >= 15 is 0 Å². The first-order valence-corrected chi connectivity index (χ1v) is 9.38. The van der Waals surface area contributed by atoms with Crippen LogP contribution < -0.4 is 11.1 Å². The summed E-state index contributed by atoms with van der Waals surface area (Å²) < 4.78 is 0. The molecule has 0 aliphatic heterocycles.